The van der Waals surface area contributed by atoms with Crippen molar-refractivity contribution in [1.82, 2.24) is 19.1 Å². The van der Waals surface area contributed by atoms with Crippen LogP contribution in [0.3, 0.4) is 0 Å². The molecule has 0 fully saturated rings. The Morgan fingerprint density at radius 2 is 1.69 bits per heavy atom. The largest absolute Gasteiger partial charge is 0.493 e. The third-order valence-corrected chi connectivity index (χ3v) is 4.97. The normalized spacial score (nSPS) is 11.2. The van der Waals surface area contributed by atoms with Gasteiger partial charge in [0.05, 0.1) is 19.7 Å². The number of nitrogens with zero attached hydrogens (tertiary/aromatic N) is 4. The van der Waals surface area contributed by atoms with E-state index < -0.39 is 0 Å². The number of carbonyl (C=O) groups is 1. The Labute approximate surface area is 169 Å². The summed E-state index contributed by atoms with van der Waals surface area (Å²) in [5, 5.41) is 0.730. The Balaban J connectivity index is 2.25. The van der Waals surface area contributed by atoms with Gasteiger partial charge in [-0.15, -0.1) is 0 Å². The van der Waals surface area contributed by atoms with E-state index in [9.17, 15) is 9.59 Å². The van der Waals surface area contributed by atoms with Gasteiger partial charge in [0.1, 0.15) is 6.54 Å². The van der Waals surface area contributed by atoms with E-state index in [4.69, 9.17) is 9.47 Å². The number of hydrogen-bond donors (Lipinski definition) is 0. The summed E-state index contributed by atoms with van der Waals surface area (Å²) in [6.45, 7) is 7.53. The number of fused-ring (bicyclic) bond motifs is 3. The fourth-order valence-corrected chi connectivity index (χ4v) is 3.72. The van der Waals surface area contributed by atoms with Gasteiger partial charge in [-0.25, -0.2) is 4.52 Å². The first-order valence-corrected chi connectivity index (χ1v) is 9.87. The van der Waals surface area contributed by atoms with Gasteiger partial charge in [0, 0.05) is 36.3 Å². The minimum atomic E-state index is -0.318. The van der Waals surface area contributed by atoms with Gasteiger partial charge >= 0.3 is 0 Å². The van der Waals surface area contributed by atoms with E-state index in [1.165, 1.54) is 6.07 Å². The smallest absolute Gasteiger partial charge is 0.273 e. The fraction of sp³-hybridized carbons (Fsp3) is 0.476. The highest BCUT2D eigenvalue weighted by Crippen LogP contribution is 2.34. The van der Waals surface area contributed by atoms with Crippen LogP contribution in [0.5, 0.6) is 11.5 Å². The third kappa shape index (κ3) is 3.79. The zero-order valence-corrected chi connectivity index (χ0v) is 17.7. The zero-order chi connectivity index (χ0) is 21.1. The lowest BCUT2D eigenvalue weighted by molar-refractivity contribution is -0.132. The molecule has 0 spiro atoms. The van der Waals surface area contributed by atoms with Gasteiger partial charge in [0.15, 0.2) is 17.1 Å². The standard InChI is InChI=1S/C21H28N4O4/c1-6-8-23(9-7-2)20(27)13-24-16-12-18(29-5)17(28-4)11-15(16)21-22-19(26)10-14(3)25(21)24/h10-12H,6-9,13H2,1-5H3. The van der Waals surface area contributed by atoms with Crippen LogP contribution in [-0.2, 0) is 11.3 Å². The van der Waals surface area contributed by atoms with Crippen LogP contribution in [0.4, 0.5) is 0 Å². The maximum absolute atomic E-state index is 13.1. The molecule has 0 saturated carbocycles. The Kier molecular flexibility index (Phi) is 6.10. The molecule has 156 valence electrons. The average Bonchev–Trinajstić information content (AvgIpc) is 2.99. The molecule has 0 aliphatic rings. The first-order valence-electron chi connectivity index (χ1n) is 9.87. The Hall–Kier alpha value is -3.03. The molecule has 0 aliphatic carbocycles. The van der Waals surface area contributed by atoms with Crippen LogP contribution < -0.4 is 15.0 Å². The maximum atomic E-state index is 13.1. The molecule has 0 radical (unpaired) electrons. The molecule has 0 saturated heterocycles. The molecule has 0 aliphatic heterocycles. The highest BCUT2D eigenvalue weighted by molar-refractivity contribution is 5.96. The van der Waals surface area contributed by atoms with E-state index in [-0.39, 0.29) is 18.0 Å². The second kappa shape index (κ2) is 8.55. The third-order valence-electron chi connectivity index (χ3n) is 4.97. The summed E-state index contributed by atoms with van der Waals surface area (Å²) in [6.07, 6.45) is 1.80. The lowest BCUT2D eigenvalue weighted by Gasteiger charge is -2.22. The molecule has 0 N–H and O–H groups in total. The fourth-order valence-electron chi connectivity index (χ4n) is 3.72. The Morgan fingerprint density at radius 1 is 1.07 bits per heavy atom. The predicted octanol–water partition coefficient (Wildman–Crippen LogP) is 2.62. The lowest BCUT2D eigenvalue weighted by Crippen LogP contribution is -2.36. The zero-order valence-electron chi connectivity index (χ0n) is 17.7. The van der Waals surface area contributed by atoms with E-state index in [1.54, 1.807) is 20.3 Å². The van der Waals surface area contributed by atoms with Crippen LogP contribution in [0.1, 0.15) is 32.4 Å². The maximum Gasteiger partial charge on any atom is 0.273 e. The highest BCUT2D eigenvalue weighted by atomic mass is 16.5. The minimum Gasteiger partial charge on any atom is -0.493 e. The molecular formula is C21H28N4O4. The van der Waals surface area contributed by atoms with Crippen molar-refractivity contribution >= 4 is 22.5 Å². The summed E-state index contributed by atoms with van der Waals surface area (Å²) in [5.41, 5.74) is 1.64. The quantitative estimate of drug-likeness (QED) is 0.581. The summed E-state index contributed by atoms with van der Waals surface area (Å²) >= 11 is 0. The van der Waals surface area contributed by atoms with E-state index in [0.29, 0.717) is 35.9 Å². The van der Waals surface area contributed by atoms with Crippen molar-refractivity contribution in [1.29, 1.82) is 0 Å². The van der Waals surface area contributed by atoms with Crippen LogP contribution in [0.2, 0.25) is 0 Å². The second-order valence-corrected chi connectivity index (χ2v) is 7.03. The van der Waals surface area contributed by atoms with Crippen molar-refractivity contribution in [2.45, 2.75) is 40.2 Å². The van der Waals surface area contributed by atoms with Crippen LogP contribution in [-0.4, -0.2) is 52.3 Å². The van der Waals surface area contributed by atoms with Crippen molar-refractivity contribution in [2.75, 3.05) is 27.3 Å². The van der Waals surface area contributed by atoms with E-state index in [1.807, 2.05) is 27.1 Å². The molecule has 1 amide bonds. The molecule has 1 aromatic carbocycles. The molecule has 3 rings (SSSR count). The summed E-state index contributed by atoms with van der Waals surface area (Å²) < 4.78 is 14.5. The number of aryl methyl sites for hydroxylation is 1. The van der Waals surface area contributed by atoms with Gasteiger partial charge in [-0.05, 0) is 25.8 Å². The van der Waals surface area contributed by atoms with Crippen molar-refractivity contribution in [2.24, 2.45) is 0 Å². The monoisotopic (exact) mass is 400 g/mol. The van der Waals surface area contributed by atoms with Gasteiger partial charge in [0.25, 0.3) is 5.56 Å². The summed E-state index contributed by atoms with van der Waals surface area (Å²) in [5.74, 6) is 1.12. The molecule has 8 heteroatoms. The molecule has 2 heterocycles. The molecular weight excluding hydrogens is 372 g/mol. The number of benzene rings is 1. The minimum absolute atomic E-state index is 0.0281. The highest BCUT2D eigenvalue weighted by Gasteiger charge is 2.21. The number of methoxy groups -OCH3 is 2. The van der Waals surface area contributed by atoms with Crippen LogP contribution in [0, 0.1) is 6.92 Å². The molecule has 0 bridgehead atoms. The first kappa shape index (κ1) is 20.7. The lowest BCUT2D eigenvalue weighted by atomic mass is 10.2. The summed E-state index contributed by atoms with van der Waals surface area (Å²) in [4.78, 5) is 31.2. The van der Waals surface area contributed by atoms with Gasteiger partial charge in [-0.1, -0.05) is 13.8 Å². The average molecular weight is 400 g/mol. The van der Waals surface area contributed by atoms with Crippen molar-refractivity contribution in [3.63, 3.8) is 0 Å². The molecule has 3 aromatic rings. The second-order valence-electron chi connectivity index (χ2n) is 7.03. The number of ether oxygens (including phenoxy) is 2. The van der Waals surface area contributed by atoms with Crippen molar-refractivity contribution in [3.05, 3.63) is 34.2 Å². The predicted molar refractivity (Wildman–Crippen MR) is 112 cm³/mol. The topological polar surface area (TPSA) is 78.1 Å². The number of hydrogen-bond acceptors (Lipinski definition) is 5. The van der Waals surface area contributed by atoms with Gasteiger partial charge in [-0.2, -0.15) is 4.98 Å². The Morgan fingerprint density at radius 3 is 2.28 bits per heavy atom. The number of amides is 1. The van der Waals surface area contributed by atoms with Crippen molar-refractivity contribution in [3.8, 4) is 11.5 Å². The number of rotatable bonds is 8. The van der Waals surface area contributed by atoms with E-state index in [2.05, 4.69) is 18.8 Å². The summed E-state index contributed by atoms with van der Waals surface area (Å²) in [6, 6.07) is 5.09. The van der Waals surface area contributed by atoms with E-state index in [0.717, 1.165) is 23.7 Å². The van der Waals surface area contributed by atoms with Crippen LogP contribution >= 0.6 is 0 Å². The molecule has 0 atom stereocenters. The van der Waals surface area contributed by atoms with Crippen LogP contribution in [0.15, 0.2) is 23.0 Å². The molecule has 0 unspecified atom stereocenters. The SMILES string of the molecule is CCCN(CCC)C(=O)Cn1c2cc(OC)c(OC)cc2c2nc(=O)cc(C)n21. The Bertz CT molecular complexity index is 1090. The van der Waals surface area contributed by atoms with Gasteiger partial charge in [0.2, 0.25) is 5.91 Å². The van der Waals surface area contributed by atoms with Gasteiger partial charge in [-0.3, -0.25) is 14.3 Å². The number of aromatic nitrogens is 3. The number of carbonyl (C=O) groups excluding carboxylic acids is 1. The summed E-state index contributed by atoms with van der Waals surface area (Å²) in [7, 11) is 3.13. The van der Waals surface area contributed by atoms with E-state index >= 15 is 0 Å². The first-order chi connectivity index (χ1) is 13.9. The van der Waals surface area contributed by atoms with Crippen molar-refractivity contribution < 1.29 is 14.3 Å². The molecule has 2 aromatic heterocycles. The molecule has 8 nitrogen and oxygen atoms in total. The molecule has 29 heavy (non-hydrogen) atoms. The van der Waals surface area contributed by atoms with Gasteiger partial charge < -0.3 is 14.4 Å². The van der Waals surface area contributed by atoms with Crippen LogP contribution in [0.25, 0.3) is 16.6 Å².